The van der Waals surface area contributed by atoms with Gasteiger partial charge < -0.3 is 10.4 Å². The first-order chi connectivity index (χ1) is 13.2. The zero-order chi connectivity index (χ0) is 18.4. The SMILES string of the molecule is O=C(O)c1cccc(-n2nc(-c3ccc4ccccc4c3)c3c2NCC3)c1. The fourth-order valence-corrected chi connectivity index (χ4v) is 3.70. The minimum absolute atomic E-state index is 0.252. The second kappa shape index (κ2) is 5.99. The van der Waals surface area contributed by atoms with Gasteiger partial charge in [-0.15, -0.1) is 0 Å². The number of benzene rings is 3. The number of carbonyl (C=O) groups is 1. The van der Waals surface area contributed by atoms with Crippen molar-refractivity contribution >= 4 is 22.6 Å². The number of carboxylic acids is 1. The summed E-state index contributed by atoms with van der Waals surface area (Å²) in [7, 11) is 0. The molecule has 0 saturated carbocycles. The molecule has 4 aromatic rings. The Kier molecular flexibility index (Phi) is 3.47. The van der Waals surface area contributed by atoms with Crippen molar-refractivity contribution in [3.05, 3.63) is 77.9 Å². The molecule has 0 radical (unpaired) electrons. The number of nitrogens with one attached hydrogen (secondary N) is 1. The largest absolute Gasteiger partial charge is 0.478 e. The lowest BCUT2D eigenvalue weighted by molar-refractivity contribution is 0.0697. The van der Waals surface area contributed by atoms with E-state index >= 15 is 0 Å². The van der Waals surface area contributed by atoms with Gasteiger partial charge in [-0.25, -0.2) is 9.48 Å². The lowest BCUT2D eigenvalue weighted by atomic mass is 10.0. The molecule has 1 aliphatic rings. The van der Waals surface area contributed by atoms with E-state index in [0.717, 1.165) is 35.7 Å². The molecule has 0 unspecified atom stereocenters. The minimum Gasteiger partial charge on any atom is -0.478 e. The molecule has 5 rings (SSSR count). The van der Waals surface area contributed by atoms with Crippen molar-refractivity contribution < 1.29 is 9.90 Å². The highest BCUT2D eigenvalue weighted by atomic mass is 16.4. The maximum absolute atomic E-state index is 11.3. The monoisotopic (exact) mass is 355 g/mol. The van der Waals surface area contributed by atoms with Crippen LogP contribution in [0.15, 0.2) is 66.7 Å². The molecule has 0 saturated heterocycles. The third kappa shape index (κ3) is 2.56. The normalized spacial score (nSPS) is 12.7. The number of carboxylic acid groups (broad SMARTS) is 1. The number of rotatable bonds is 3. The third-order valence-corrected chi connectivity index (χ3v) is 5.01. The van der Waals surface area contributed by atoms with Gasteiger partial charge in [-0.1, -0.05) is 42.5 Å². The molecule has 0 amide bonds. The van der Waals surface area contributed by atoms with Crippen molar-refractivity contribution in [3.63, 3.8) is 0 Å². The van der Waals surface area contributed by atoms with Crippen LogP contribution in [0.3, 0.4) is 0 Å². The van der Waals surface area contributed by atoms with Crippen LogP contribution in [0.4, 0.5) is 5.82 Å². The fourth-order valence-electron chi connectivity index (χ4n) is 3.70. The summed E-state index contributed by atoms with van der Waals surface area (Å²) >= 11 is 0. The van der Waals surface area contributed by atoms with E-state index in [9.17, 15) is 9.90 Å². The number of nitrogens with zero attached hydrogens (tertiary/aromatic N) is 2. The Balaban J connectivity index is 1.67. The van der Waals surface area contributed by atoms with Crippen LogP contribution in [-0.2, 0) is 6.42 Å². The summed E-state index contributed by atoms with van der Waals surface area (Å²) in [5.74, 6) is 0.00376. The van der Waals surface area contributed by atoms with Crippen molar-refractivity contribution in [2.75, 3.05) is 11.9 Å². The predicted octanol–water partition coefficient (Wildman–Crippen LogP) is 4.36. The molecule has 3 aromatic carbocycles. The molecule has 0 aliphatic carbocycles. The molecule has 5 nitrogen and oxygen atoms in total. The molecule has 1 aliphatic heterocycles. The van der Waals surface area contributed by atoms with Crippen LogP contribution in [0.5, 0.6) is 0 Å². The first-order valence-electron chi connectivity index (χ1n) is 8.89. The van der Waals surface area contributed by atoms with Crippen LogP contribution >= 0.6 is 0 Å². The summed E-state index contributed by atoms with van der Waals surface area (Å²) in [6, 6.07) is 21.5. The van der Waals surface area contributed by atoms with E-state index in [4.69, 9.17) is 5.10 Å². The van der Waals surface area contributed by atoms with E-state index in [0.29, 0.717) is 0 Å². The lowest BCUT2D eigenvalue weighted by Gasteiger charge is -2.07. The van der Waals surface area contributed by atoms with Gasteiger partial charge >= 0.3 is 5.97 Å². The molecule has 0 spiro atoms. The van der Waals surface area contributed by atoms with E-state index in [1.165, 1.54) is 16.3 Å². The highest BCUT2D eigenvalue weighted by molar-refractivity contribution is 5.89. The first kappa shape index (κ1) is 15.6. The maximum atomic E-state index is 11.3. The average molecular weight is 355 g/mol. The molecule has 0 bridgehead atoms. The van der Waals surface area contributed by atoms with Crippen LogP contribution in [0, 0.1) is 0 Å². The molecular formula is C22H17N3O2. The number of anilines is 1. The standard InChI is InChI=1S/C22H17N3O2/c26-22(27)17-6-3-7-18(13-17)25-21-19(10-11-23-21)20(24-25)16-9-8-14-4-1-2-5-15(14)12-16/h1-9,12-13,23H,10-11H2,(H,26,27). The van der Waals surface area contributed by atoms with Gasteiger partial charge in [0.15, 0.2) is 0 Å². The molecule has 0 atom stereocenters. The number of fused-ring (bicyclic) bond motifs is 2. The third-order valence-electron chi connectivity index (χ3n) is 5.01. The molecule has 2 heterocycles. The summed E-state index contributed by atoms with van der Waals surface area (Å²) in [5, 5.41) is 19.9. The zero-order valence-corrected chi connectivity index (χ0v) is 14.5. The Morgan fingerprint density at radius 3 is 2.70 bits per heavy atom. The predicted molar refractivity (Wildman–Crippen MR) is 106 cm³/mol. The van der Waals surface area contributed by atoms with Crippen molar-refractivity contribution in [2.45, 2.75) is 6.42 Å². The van der Waals surface area contributed by atoms with Crippen molar-refractivity contribution in [3.8, 4) is 16.9 Å². The Labute approximate surface area is 155 Å². The Hall–Kier alpha value is -3.60. The first-order valence-corrected chi connectivity index (χ1v) is 8.89. The second-order valence-corrected chi connectivity index (χ2v) is 6.68. The Morgan fingerprint density at radius 1 is 1.00 bits per heavy atom. The van der Waals surface area contributed by atoms with Crippen molar-refractivity contribution in [2.24, 2.45) is 0 Å². The van der Waals surface area contributed by atoms with Gasteiger partial charge in [-0.3, -0.25) is 0 Å². The van der Waals surface area contributed by atoms with Crippen LogP contribution in [0.1, 0.15) is 15.9 Å². The number of aromatic nitrogens is 2. The summed E-state index contributed by atoms with van der Waals surface area (Å²) in [5.41, 5.74) is 4.18. The molecule has 132 valence electrons. The highest BCUT2D eigenvalue weighted by Gasteiger charge is 2.24. The van der Waals surface area contributed by atoms with E-state index in [1.807, 2.05) is 22.9 Å². The topological polar surface area (TPSA) is 67.1 Å². The van der Waals surface area contributed by atoms with Gasteiger partial charge in [-0.05, 0) is 41.5 Å². The number of hydrogen-bond acceptors (Lipinski definition) is 3. The Morgan fingerprint density at radius 2 is 1.85 bits per heavy atom. The molecule has 1 aromatic heterocycles. The van der Waals surface area contributed by atoms with Gasteiger partial charge in [-0.2, -0.15) is 5.10 Å². The van der Waals surface area contributed by atoms with Gasteiger partial charge in [0.05, 0.1) is 16.9 Å². The van der Waals surface area contributed by atoms with Crippen LogP contribution in [0.2, 0.25) is 0 Å². The van der Waals surface area contributed by atoms with Gasteiger partial charge in [0.25, 0.3) is 0 Å². The van der Waals surface area contributed by atoms with E-state index in [-0.39, 0.29) is 5.56 Å². The van der Waals surface area contributed by atoms with Gasteiger partial charge in [0.1, 0.15) is 5.82 Å². The lowest BCUT2D eigenvalue weighted by Crippen LogP contribution is -2.05. The molecule has 0 fully saturated rings. The number of hydrogen-bond donors (Lipinski definition) is 2. The molecule has 2 N–H and O–H groups in total. The summed E-state index contributed by atoms with van der Waals surface area (Å²) in [6.45, 7) is 0.854. The van der Waals surface area contributed by atoms with E-state index in [2.05, 4.69) is 35.6 Å². The van der Waals surface area contributed by atoms with Gasteiger partial charge in [0, 0.05) is 17.7 Å². The summed E-state index contributed by atoms with van der Waals surface area (Å²) < 4.78 is 1.82. The van der Waals surface area contributed by atoms with Crippen molar-refractivity contribution in [1.29, 1.82) is 0 Å². The Bertz CT molecular complexity index is 1190. The van der Waals surface area contributed by atoms with Crippen LogP contribution in [0.25, 0.3) is 27.7 Å². The fraction of sp³-hybridized carbons (Fsp3) is 0.0909. The van der Waals surface area contributed by atoms with Crippen molar-refractivity contribution in [1.82, 2.24) is 9.78 Å². The van der Waals surface area contributed by atoms with Crippen LogP contribution in [-0.4, -0.2) is 27.4 Å². The molecule has 5 heteroatoms. The minimum atomic E-state index is -0.941. The molecular weight excluding hydrogens is 338 g/mol. The van der Waals surface area contributed by atoms with Gasteiger partial charge in [0.2, 0.25) is 0 Å². The summed E-state index contributed by atoms with van der Waals surface area (Å²) in [6.07, 6.45) is 0.899. The smallest absolute Gasteiger partial charge is 0.335 e. The average Bonchev–Trinajstić information content (AvgIpc) is 3.30. The quantitative estimate of drug-likeness (QED) is 0.573. The highest BCUT2D eigenvalue weighted by Crippen LogP contribution is 2.35. The second-order valence-electron chi connectivity index (χ2n) is 6.68. The maximum Gasteiger partial charge on any atom is 0.335 e. The molecule has 27 heavy (non-hydrogen) atoms. The van der Waals surface area contributed by atoms with Crippen LogP contribution < -0.4 is 5.32 Å². The zero-order valence-electron chi connectivity index (χ0n) is 14.5. The number of aromatic carboxylic acids is 1. The summed E-state index contributed by atoms with van der Waals surface area (Å²) in [4.78, 5) is 11.3. The van der Waals surface area contributed by atoms with E-state index < -0.39 is 5.97 Å². The van der Waals surface area contributed by atoms with E-state index in [1.54, 1.807) is 18.2 Å².